The van der Waals surface area contributed by atoms with Crippen LogP contribution in [0.3, 0.4) is 0 Å². The summed E-state index contributed by atoms with van der Waals surface area (Å²) in [4.78, 5) is 0. The third-order valence-corrected chi connectivity index (χ3v) is 4.06. The van der Waals surface area contributed by atoms with Gasteiger partial charge in [0.25, 0.3) is 0 Å². The fourth-order valence-electron chi connectivity index (χ4n) is 2.49. The van der Waals surface area contributed by atoms with E-state index in [-0.39, 0.29) is 0 Å². The molecule has 0 aliphatic carbocycles. The first-order valence-corrected chi connectivity index (χ1v) is 9.17. The number of unbranched alkanes of at least 4 members (excludes halogenated alkanes) is 8. The molecule has 19 heavy (non-hydrogen) atoms. The molecule has 2 heteroatoms. The van der Waals surface area contributed by atoms with Gasteiger partial charge in [0, 0.05) is 6.42 Å². The summed E-state index contributed by atoms with van der Waals surface area (Å²) in [5.74, 6) is 6.17. The van der Waals surface area contributed by atoms with Gasteiger partial charge >= 0.3 is 0 Å². The van der Waals surface area contributed by atoms with Crippen LogP contribution in [-0.2, 0) is 4.74 Å². The van der Waals surface area contributed by atoms with E-state index in [4.69, 9.17) is 4.74 Å². The fourth-order valence-corrected chi connectivity index (χ4v) is 2.69. The van der Waals surface area contributed by atoms with E-state index >= 15 is 0 Å². The summed E-state index contributed by atoms with van der Waals surface area (Å²) in [5, 5.41) is 0.780. The molecular formula is C17H29BrO. The number of rotatable bonds is 11. The third kappa shape index (κ3) is 9.52. The number of ether oxygens (including phenoxy) is 1. The Morgan fingerprint density at radius 2 is 1.47 bits per heavy atom. The lowest BCUT2D eigenvalue weighted by atomic mass is 10.0. The standard InChI is InChI=1S/C17H29BrO/c1-2-3-4-5-6-7-8-9-10-13-16-17(19-16)14-11-12-15-18/h16-17H,2-10,13-15H2,1H3/t16-,17+/m1/s1. The van der Waals surface area contributed by atoms with Crippen molar-refractivity contribution < 1.29 is 4.74 Å². The van der Waals surface area contributed by atoms with Crippen molar-refractivity contribution in [1.29, 1.82) is 0 Å². The average Bonchev–Trinajstić information content (AvgIpc) is 3.16. The average molecular weight is 329 g/mol. The second-order valence-electron chi connectivity index (χ2n) is 5.52. The van der Waals surface area contributed by atoms with Gasteiger partial charge in [-0.2, -0.15) is 0 Å². The zero-order valence-electron chi connectivity index (χ0n) is 12.4. The zero-order chi connectivity index (χ0) is 13.8. The lowest BCUT2D eigenvalue weighted by Gasteiger charge is -2.01. The predicted octanol–water partition coefficient (Wildman–Crippen LogP) is 5.46. The van der Waals surface area contributed by atoms with Crippen LogP contribution >= 0.6 is 15.9 Å². The molecule has 1 nitrogen and oxygen atoms in total. The van der Waals surface area contributed by atoms with E-state index in [9.17, 15) is 0 Å². The van der Waals surface area contributed by atoms with Gasteiger partial charge < -0.3 is 4.74 Å². The van der Waals surface area contributed by atoms with Gasteiger partial charge in [-0.15, -0.1) is 0 Å². The number of alkyl halides is 1. The highest BCUT2D eigenvalue weighted by Crippen LogP contribution is 2.29. The second-order valence-corrected chi connectivity index (χ2v) is 6.08. The van der Waals surface area contributed by atoms with E-state index in [1.807, 2.05) is 0 Å². The topological polar surface area (TPSA) is 12.5 Å². The van der Waals surface area contributed by atoms with Crippen LogP contribution in [0.15, 0.2) is 0 Å². The fraction of sp³-hybridized carbons (Fsp3) is 0.882. The quantitative estimate of drug-likeness (QED) is 0.212. The van der Waals surface area contributed by atoms with Crippen molar-refractivity contribution in [1.82, 2.24) is 0 Å². The van der Waals surface area contributed by atoms with Crippen LogP contribution in [0, 0.1) is 11.8 Å². The van der Waals surface area contributed by atoms with Gasteiger partial charge in [-0.05, 0) is 6.42 Å². The van der Waals surface area contributed by atoms with Crippen molar-refractivity contribution in [2.45, 2.75) is 89.8 Å². The molecule has 1 saturated heterocycles. The zero-order valence-corrected chi connectivity index (χ0v) is 14.0. The lowest BCUT2D eigenvalue weighted by Crippen LogP contribution is -1.93. The SMILES string of the molecule is CCCCCCCCCCC[C@H]1O[C@H]1CC#CCBr. The van der Waals surface area contributed by atoms with Gasteiger partial charge in [0.2, 0.25) is 0 Å². The van der Waals surface area contributed by atoms with Gasteiger partial charge in [0.15, 0.2) is 0 Å². The first-order valence-electron chi connectivity index (χ1n) is 8.05. The minimum absolute atomic E-state index is 0.445. The number of halogens is 1. The van der Waals surface area contributed by atoms with Crippen molar-refractivity contribution >= 4 is 15.9 Å². The van der Waals surface area contributed by atoms with Gasteiger partial charge in [-0.25, -0.2) is 0 Å². The van der Waals surface area contributed by atoms with Gasteiger partial charge in [-0.3, -0.25) is 0 Å². The molecule has 0 saturated carbocycles. The molecule has 0 N–H and O–H groups in total. The molecule has 2 atom stereocenters. The number of hydrogen-bond acceptors (Lipinski definition) is 1. The Kier molecular flexibility index (Phi) is 10.6. The first kappa shape index (κ1) is 17.1. The van der Waals surface area contributed by atoms with Crippen molar-refractivity contribution in [3.05, 3.63) is 0 Å². The maximum Gasteiger partial charge on any atom is 0.0950 e. The van der Waals surface area contributed by atoms with Crippen molar-refractivity contribution in [3.63, 3.8) is 0 Å². The molecule has 1 aliphatic heterocycles. The molecule has 0 aromatic carbocycles. The molecule has 0 unspecified atom stereocenters. The Morgan fingerprint density at radius 1 is 0.842 bits per heavy atom. The van der Waals surface area contributed by atoms with Gasteiger partial charge in [0.05, 0.1) is 17.5 Å². The largest absolute Gasteiger partial charge is 0.369 e. The molecule has 0 aromatic rings. The minimum atomic E-state index is 0.445. The summed E-state index contributed by atoms with van der Waals surface area (Å²) in [6.45, 7) is 2.28. The molecule has 0 radical (unpaired) electrons. The third-order valence-electron chi connectivity index (χ3n) is 3.77. The maximum atomic E-state index is 5.62. The Hall–Kier alpha value is 0. The molecule has 1 rings (SSSR count). The summed E-state index contributed by atoms with van der Waals surface area (Å²) in [5.41, 5.74) is 0. The molecule has 0 amide bonds. The summed E-state index contributed by atoms with van der Waals surface area (Å²) in [6, 6.07) is 0. The maximum absolute atomic E-state index is 5.62. The predicted molar refractivity (Wildman–Crippen MR) is 86.7 cm³/mol. The van der Waals surface area contributed by atoms with Crippen molar-refractivity contribution in [3.8, 4) is 11.8 Å². The molecule has 1 aliphatic rings. The molecule has 110 valence electrons. The second kappa shape index (κ2) is 11.8. The lowest BCUT2D eigenvalue weighted by molar-refractivity contribution is 0.359. The summed E-state index contributed by atoms with van der Waals surface area (Å²) < 4.78 is 5.62. The molecule has 0 aromatic heterocycles. The Bertz CT molecular complexity index is 266. The van der Waals surface area contributed by atoms with Gasteiger partial charge in [-0.1, -0.05) is 92.5 Å². The van der Waals surface area contributed by atoms with Crippen LogP contribution in [0.1, 0.15) is 77.6 Å². The molecule has 1 heterocycles. The summed E-state index contributed by atoms with van der Waals surface area (Å²) in [7, 11) is 0. The van der Waals surface area contributed by atoms with Crippen LogP contribution in [0.25, 0.3) is 0 Å². The van der Waals surface area contributed by atoms with E-state index in [1.165, 1.54) is 64.2 Å². The van der Waals surface area contributed by atoms with Crippen LogP contribution < -0.4 is 0 Å². The van der Waals surface area contributed by atoms with Crippen LogP contribution in [-0.4, -0.2) is 17.5 Å². The van der Waals surface area contributed by atoms with Crippen molar-refractivity contribution in [2.24, 2.45) is 0 Å². The number of epoxide rings is 1. The smallest absolute Gasteiger partial charge is 0.0950 e. The summed E-state index contributed by atoms with van der Waals surface area (Å²) >= 11 is 3.31. The van der Waals surface area contributed by atoms with Crippen LogP contribution in [0.2, 0.25) is 0 Å². The normalized spacial score (nSPS) is 20.9. The molecule has 1 fully saturated rings. The highest BCUT2D eigenvalue weighted by molar-refractivity contribution is 9.09. The van der Waals surface area contributed by atoms with E-state index in [2.05, 4.69) is 34.7 Å². The van der Waals surface area contributed by atoms with E-state index in [0.717, 1.165) is 11.8 Å². The van der Waals surface area contributed by atoms with E-state index < -0.39 is 0 Å². The highest BCUT2D eigenvalue weighted by Gasteiger charge is 2.36. The van der Waals surface area contributed by atoms with E-state index in [1.54, 1.807) is 0 Å². The number of hydrogen-bond donors (Lipinski definition) is 0. The molecular weight excluding hydrogens is 300 g/mol. The molecule has 0 spiro atoms. The van der Waals surface area contributed by atoms with Gasteiger partial charge in [0.1, 0.15) is 0 Å². The Labute approximate surface area is 128 Å². The highest BCUT2D eigenvalue weighted by atomic mass is 79.9. The Morgan fingerprint density at radius 3 is 2.11 bits per heavy atom. The molecule has 0 bridgehead atoms. The van der Waals surface area contributed by atoms with Crippen LogP contribution in [0.5, 0.6) is 0 Å². The first-order chi connectivity index (χ1) is 9.38. The monoisotopic (exact) mass is 328 g/mol. The minimum Gasteiger partial charge on any atom is -0.369 e. The Balaban J connectivity index is 1.77. The summed E-state index contributed by atoms with van der Waals surface area (Å²) in [6.07, 6.45) is 15.8. The van der Waals surface area contributed by atoms with Crippen molar-refractivity contribution in [2.75, 3.05) is 5.33 Å². The van der Waals surface area contributed by atoms with Crippen LogP contribution in [0.4, 0.5) is 0 Å². The van der Waals surface area contributed by atoms with E-state index in [0.29, 0.717) is 12.2 Å².